The van der Waals surface area contributed by atoms with Gasteiger partial charge in [-0.25, -0.2) is 4.68 Å². The largest absolute Gasteiger partial charge is 0.463 e. The van der Waals surface area contributed by atoms with Crippen molar-refractivity contribution in [3.8, 4) is 17.1 Å². The third kappa shape index (κ3) is 1.94. The van der Waals surface area contributed by atoms with Crippen molar-refractivity contribution in [3.63, 3.8) is 0 Å². The van der Waals surface area contributed by atoms with Crippen LogP contribution in [-0.2, 0) is 6.42 Å². The number of hydrogen-bond acceptors (Lipinski definition) is 3. The Bertz CT molecular complexity index is 805. The molecule has 0 atom stereocenters. The van der Waals surface area contributed by atoms with E-state index in [4.69, 9.17) is 21.1 Å². The minimum absolute atomic E-state index is 0.735. The summed E-state index contributed by atoms with van der Waals surface area (Å²) >= 11 is 6.05. The number of furan rings is 1. The number of nitrogens with one attached hydrogen (secondary N) is 1. The summed E-state index contributed by atoms with van der Waals surface area (Å²) in [7, 11) is 0. The van der Waals surface area contributed by atoms with Crippen molar-refractivity contribution in [3.05, 3.63) is 52.7 Å². The molecule has 1 aliphatic heterocycles. The molecule has 0 aliphatic carbocycles. The monoisotopic (exact) mass is 299 g/mol. The molecule has 0 fully saturated rings. The van der Waals surface area contributed by atoms with E-state index in [-0.39, 0.29) is 0 Å². The Labute approximate surface area is 127 Å². The van der Waals surface area contributed by atoms with Gasteiger partial charge in [-0.3, -0.25) is 0 Å². The van der Waals surface area contributed by atoms with E-state index in [0.29, 0.717) is 0 Å². The molecule has 2 aromatic heterocycles. The van der Waals surface area contributed by atoms with Crippen LogP contribution in [0.15, 0.2) is 41.0 Å². The lowest BCUT2D eigenvalue weighted by molar-refractivity contribution is 0.578. The highest BCUT2D eigenvalue weighted by molar-refractivity contribution is 6.30. The van der Waals surface area contributed by atoms with E-state index in [0.717, 1.165) is 46.5 Å². The third-order valence-electron chi connectivity index (χ3n) is 3.79. The molecule has 3 heterocycles. The van der Waals surface area contributed by atoms with Crippen LogP contribution in [0.5, 0.6) is 0 Å². The number of halogens is 1. The summed E-state index contributed by atoms with van der Waals surface area (Å²) in [5, 5.41) is 8.90. The Morgan fingerprint density at radius 2 is 2.24 bits per heavy atom. The molecule has 4 nitrogen and oxygen atoms in total. The molecular formula is C16H14ClN3O. The highest BCUT2D eigenvalue weighted by Crippen LogP contribution is 2.35. The molecule has 0 spiro atoms. The maximum Gasteiger partial charge on any atom is 0.154 e. The SMILES string of the molecule is Cc1cc(Cl)ccc1-n1nc(-c2ccco2)c2c1NCC2. The number of fused-ring (bicyclic) bond motifs is 1. The molecule has 21 heavy (non-hydrogen) atoms. The smallest absolute Gasteiger partial charge is 0.154 e. The topological polar surface area (TPSA) is 43.0 Å². The molecule has 4 rings (SSSR count). The molecule has 0 amide bonds. The summed E-state index contributed by atoms with van der Waals surface area (Å²) in [6, 6.07) is 9.67. The van der Waals surface area contributed by atoms with Gasteiger partial charge in [0, 0.05) is 17.1 Å². The van der Waals surface area contributed by atoms with Gasteiger partial charge in [0.15, 0.2) is 5.76 Å². The van der Waals surface area contributed by atoms with Gasteiger partial charge in [-0.2, -0.15) is 5.10 Å². The summed E-state index contributed by atoms with van der Waals surface area (Å²) in [6.07, 6.45) is 2.63. The number of nitrogens with zero attached hydrogens (tertiary/aromatic N) is 2. The second kappa shape index (κ2) is 4.67. The van der Waals surface area contributed by atoms with Crippen molar-refractivity contribution in [2.24, 2.45) is 0 Å². The summed E-state index contributed by atoms with van der Waals surface area (Å²) in [5.41, 5.74) is 4.24. The van der Waals surface area contributed by atoms with E-state index in [2.05, 4.69) is 5.32 Å². The molecule has 0 bridgehead atoms. The van der Waals surface area contributed by atoms with Crippen LogP contribution in [0.1, 0.15) is 11.1 Å². The lowest BCUT2D eigenvalue weighted by Gasteiger charge is -2.09. The first-order chi connectivity index (χ1) is 10.2. The average molecular weight is 300 g/mol. The molecule has 0 unspecified atom stereocenters. The fraction of sp³-hybridized carbons (Fsp3) is 0.188. The van der Waals surface area contributed by atoms with Crippen LogP contribution in [0.25, 0.3) is 17.1 Å². The van der Waals surface area contributed by atoms with Crippen molar-refractivity contribution in [1.82, 2.24) is 9.78 Å². The van der Waals surface area contributed by atoms with Crippen LogP contribution in [0.3, 0.4) is 0 Å². The van der Waals surface area contributed by atoms with E-state index >= 15 is 0 Å². The number of anilines is 1. The summed E-state index contributed by atoms with van der Waals surface area (Å²) < 4.78 is 7.47. The Morgan fingerprint density at radius 1 is 1.33 bits per heavy atom. The van der Waals surface area contributed by atoms with Crippen LogP contribution in [-0.4, -0.2) is 16.3 Å². The fourth-order valence-electron chi connectivity index (χ4n) is 2.82. The summed E-state index contributed by atoms with van der Waals surface area (Å²) in [5.74, 6) is 1.85. The van der Waals surface area contributed by atoms with E-state index in [1.165, 1.54) is 5.56 Å². The summed E-state index contributed by atoms with van der Waals surface area (Å²) in [6.45, 7) is 2.96. The molecule has 3 aromatic rings. The summed E-state index contributed by atoms with van der Waals surface area (Å²) in [4.78, 5) is 0. The normalized spacial score (nSPS) is 13.2. The first-order valence-electron chi connectivity index (χ1n) is 6.90. The van der Waals surface area contributed by atoms with E-state index in [9.17, 15) is 0 Å². The van der Waals surface area contributed by atoms with E-state index in [1.807, 2.05) is 41.9 Å². The van der Waals surface area contributed by atoms with Crippen molar-refractivity contribution in [2.75, 3.05) is 11.9 Å². The lowest BCUT2D eigenvalue weighted by Crippen LogP contribution is -2.05. The van der Waals surface area contributed by atoms with Crippen molar-refractivity contribution >= 4 is 17.4 Å². The van der Waals surface area contributed by atoms with Gasteiger partial charge in [0.05, 0.1) is 12.0 Å². The Morgan fingerprint density at radius 3 is 3.00 bits per heavy atom. The van der Waals surface area contributed by atoms with E-state index < -0.39 is 0 Å². The van der Waals surface area contributed by atoms with Gasteiger partial charge >= 0.3 is 0 Å². The molecule has 0 saturated heterocycles. The molecule has 0 radical (unpaired) electrons. The fourth-order valence-corrected chi connectivity index (χ4v) is 3.04. The zero-order chi connectivity index (χ0) is 14.4. The van der Waals surface area contributed by atoms with Crippen molar-refractivity contribution in [1.29, 1.82) is 0 Å². The number of benzene rings is 1. The first-order valence-corrected chi connectivity index (χ1v) is 7.28. The first kappa shape index (κ1) is 12.5. The molecule has 1 aliphatic rings. The zero-order valence-electron chi connectivity index (χ0n) is 11.6. The van der Waals surface area contributed by atoms with Gasteiger partial charge in [0.25, 0.3) is 0 Å². The number of rotatable bonds is 2. The number of aryl methyl sites for hydroxylation is 1. The Balaban J connectivity index is 1.92. The van der Waals surface area contributed by atoms with Crippen LogP contribution in [0, 0.1) is 6.92 Å². The molecular weight excluding hydrogens is 286 g/mol. The van der Waals surface area contributed by atoms with Crippen LogP contribution < -0.4 is 5.32 Å². The average Bonchev–Trinajstić information content (AvgIpc) is 3.15. The van der Waals surface area contributed by atoms with Gasteiger partial charge in [-0.1, -0.05) is 11.6 Å². The van der Waals surface area contributed by atoms with Crippen LogP contribution >= 0.6 is 11.6 Å². The van der Waals surface area contributed by atoms with Crippen LogP contribution in [0.4, 0.5) is 5.82 Å². The highest BCUT2D eigenvalue weighted by Gasteiger charge is 2.25. The minimum Gasteiger partial charge on any atom is -0.463 e. The Hall–Kier alpha value is -2.20. The molecule has 5 heteroatoms. The second-order valence-electron chi connectivity index (χ2n) is 5.17. The van der Waals surface area contributed by atoms with Gasteiger partial charge < -0.3 is 9.73 Å². The van der Waals surface area contributed by atoms with Crippen LogP contribution in [0.2, 0.25) is 5.02 Å². The molecule has 1 aromatic carbocycles. The maximum absolute atomic E-state index is 6.05. The van der Waals surface area contributed by atoms with E-state index in [1.54, 1.807) is 6.26 Å². The Kier molecular flexibility index (Phi) is 2.79. The predicted molar refractivity (Wildman–Crippen MR) is 83.2 cm³/mol. The highest BCUT2D eigenvalue weighted by atomic mass is 35.5. The van der Waals surface area contributed by atoms with Crippen molar-refractivity contribution in [2.45, 2.75) is 13.3 Å². The van der Waals surface area contributed by atoms with Gasteiger partial charge in [-0.05, 0) is 49.2 Å². The van der Waals surface area contributed by atoms with Crippen molar-refractivity contribution < 1.29 is 4.42 Å². The molecule has 1 N–H and O–H groups in total. The number of aromatic nitrogens is 2. The van der Waals surface area contributed by atoms with Gasteiger partial charge in [-0.15, -0.1) is 0 Å². The maximum atomic E-state index is 6.05. The lowest BCUT2D eigenvalue weighted by atomic mass is 10.1. The molecule has 0 saturated carbocycles. The quantitative estimate of drug-likeness (QED) is 0.776. The third-order valence-corrected chi connectivity index (χ3v) is 4.03. The second-order valence-corrected chi connectivity index (χ2v) is 5.61. The number of hydrogen-bond donors (Lipinski definition) is 1. The molecule has 106 valence electrons. The minimum atomic E-state index is 0.735. The zero-order valence-corrected chi connectivity index (χ0v) is 12.3. The predicted octanol–water partition coefficient (Wildman–Crippen LogP) is 4.06. The van der Waals surface area contributed by atoms with Gasteiger partial charge in [0.1, 0.15) is 11.5 Å². The van der Waals surface area contributed by atoms with Gasteiger partial charge in [0.2, 0.25) is 0 Å². The standard InChI is InChI=1S/C16H14ClN3O/c1-10-9-11(17)4-5-13(10)20-16-12(6-7-18-16)15(19-20)14-3-2-8-21-14/h2-5,8-9,18H,6-7H2,1H3.